The van der Waals surface area contributed by atoms with Crippen LogP contribution >= 0.6 is 0 Å². The van der Waals surface area contributed by atoms with Gasteiger partial charge >= 0.3 is 0 Å². The van der Waals surface area contributed by atoms with Gasteiger partial charge in [0.25, 0.3) is 0 Å². The Hall–Kier alpha value is -1.22. The van der Waals surface area contributed by atoms with Gasteiger partial charge in [0.2, 0.25) is 0 Å². The van der Waals surface area contributed by atoms with E-state index in [-0.39, 0.29) is 5.88 Å². The van der Waals surface area contributed by atoms with E-state index in [4.69, 9.17) is 16.6 Å². The van der Waals surface area contributed by atoms with Gasteiger partial charge in [0, 0.05) is 5.57 Å². The molecule has 1 rings (SSSR count). The maximum absolute atomic E-state index is 9.12. The van der Waals surface area contributed by atoms with Crippen molar-refractivity contribution in [2.75, 3.05) is 6.54 Å². The molecule has 0 bridgehead atoms. The minimum absolute atomic E-state index is 0.0900. The molecular formula is C10H16N2O. The third-order valence-corrected chi connectivity index (χ3v) is 2.08. The van der Waals surface area contributed by atoms with Crippen LogP contribution < -0.4 is 11.5 Å². The number of rotatable bonds is 4. The van der Waals surface area contributed by atoms with E-state index in [1.54, 1.807) is 0 Å². The first kappa shape index (κ1) is 9.86. The number of aliphatic hydroxyl groups excluding tert-OH is 1. The van der Waals surface area contributed by atoms with E-state index in [1.807, 2.05) is 18.2 Å². The van der Waals surface area contributed by atoms with Crippen molar-refractivity contribution in [2.24, 2.45) is 11.5 Å². The van der Waals surface area contributed by atoms with Crippen LogP contribution in [-0.4, -0.2) is 11.7 Å². The van der Waals surface area contributed by atoms with Crippen molar-refractivity contribution < 1.29 is 5.11 Å². The zero-order chi connectivity index (χ0) is 9.68. The summed E-state index contributed by atoms with van der Waals surface area (Å²) in [6, 6.07) is 0. The molecule has 0 atom stereocenters. The predicted octanol–water partition coefficient (Wildman–Crippen LogP) is 1.34. The number of unbranched alkanes of at least 4 members (excludes halogenated alkanes) is 1. The van der Waals surface area contributed by atoms with Crippen molar-refractivity contribution in [1.29, 1.82) is 0 Å². The van der Waals surface area contributed by atoms with Crippen LogP contribution in [0.3, 0.4) is 0 Å². The third kappa shape index (κ3) is 2.63. The van der Waals surface area contributed by atoms with Crippen LogP contribution in [0.4, 0.5) is 0 Å². The highest BCUT2D eigenvalue weighted by atomic mass is 16.3. The van der Waals surface area contributed by atoms with Crippen LogP contribution in [0.25, 0.3) is 0 Å². The smallest absolute Gasteiger partial charge is 0.189 e. The maximum Gasteiger partial charge on any atom is 0.189 e. The largest absolute Gasteiger partial charge is 0.495 e. The SMILES string of the molecule is NCCCCC1=CC=C/C1=C(\N)O. The summed E-state index contributed by atoms with van der Waals surface area (Å²) in [5.74, 6) is -0.0900. The molecule has 0 heterocycles. The van der Waals surface area contributed by atoms with Gasteiger partial charge in [0.1, 0.15) is 0 Å². The summed E-state index contributed by atoms with van der Waals surface area (Å²) in [5.41, 5.74) is 12.6. The Kier molecular flexibility index (Phi) is 3.58. The number of allylic oxidation sites excluding steroid dienone is 5. The van der Waals surface area contributed by atoms with Gasteiger partial charge in [-0.3, -0.25) is 0 Å². The molecule has 1 aliphatic carbocycles. The molecule has 0 saturated heterocycles. The maximum atomic E-state index is 9.12. The van der Waals surface area contributed by atoms with Gasteiger partial charge in [0.05, 0.1) is 0 Å². The quantitative estimate of drug-likeness (QED) is 0.451. The van der Waals surface area contributed by atoms with E-state index in [9.17, 15) is 0 Å². The standard InChI is InChI=1S/C10H16N2O/c11-7-2-1-4-8-5-3-6-9(8)10(12)13/h3,5-6,13H,1-2,4,7,11-12H2/b10-9-. The van der Waals surface area contributed by atoms with Gasteiger partial charge in [-0.1, -0.05) is 12.2 Å². The molecule has 3 nitrogen and oxygen atoms in total. The van der Waals surface area contributed by atoms with E-state index in [0.717, 1.165) is 30.4 Å². The van der Waals surface area contributed by atoms with Gasteiger partial charge in [-0.2, -0.15) is 0 Å². The molecule has 1 aliphatic rings. The molecule has 0 spiro atoms. The Labute approximate surface area is 78.4 Å². The fraction of sp³-hybridized carbons (Fsp3) is 0.400. The first-order valence-electron chi connectivity index (χ1n) is 4.52. The highest BCUT2D eigenvalue weighted by molar-refractivity contribution is 5.48. The van der Waals surface area contributed by atoms with Gasteiger partial charge in [-0.05, 0) is 37.5 Å². The second-order valence-electron chi connectivity index (χ2n) is 3.10. The molecule has 0 fully saturated rings. The molecule has 72 valence electrons. The Balaban J connectivity index is 2.48. The Morgan fingerprint density at radius 1 is 1.38 bits per heavy atom. The molecule has 0 amide bonds. The monoisotopic (exact) mass is 180 g/mol. The molecule has 0 aromatic carbocycles. The summed E-state index contributed by atoms with van der Waals surface area (Å²) in [5, 5.41) is 9.12. The van der Waals surface area contributed by atoms with E-state index in [0.29, 0.717) is 6.54 Å². The van der Waals surface area contributed by atoms with Gasteiger partial charge in [-0.25, -0.2) is 0 Å². The first-order valence-corrected chi connectivity index (χ1v) is 4.52. The van der Waals surface area contributed by atoms with Crippen LogP contribution in [0, 0.1) is 0 Å². The minimum atomic E-state index is -0.0900. The molecule has 0 unspecified atom stereocenters. The molecule has 0 aromatic rings. The molecule has 0 radical (unpaired) electrons. The Morgan fingerprint density at radius 2 is 2.15 bits per heavy atom. The molecule has 0 aromatic heterocycles. The lowest BCUT2D eigenvalue weighted by molar-refractivity contribution is 0.401. The zero-order valence-corrected chi connectivity index (χ0v) is 7.66. The lowest BCUT2D eigenvalue weighted by atomic mass is 10.0. The third-order valence-electron chi connectivity index (χ3n) is 2.08. The fourth-order valence-corrected chi connectivity index (χ4v) is 1.38. The molecule has 0 aliphatic heterocycles. The number of hydrogen-bond donors (Lipinski definition) is 3. The molecule has 13 heavy (non-hydrogen) atoms. The summed E-state index contributed by atoms with van der Waals surface area (Å²) in [6.07, 6.45) is 8.69. The van der Waals surface area contributed by atoms with Crippen LogP contribution in [0.15, 0.2) is 35.3 Å². The van der Waals surface area contributed by atoms with Gasteiger partial charge < -0.3 is 16.6 Å². The number of nitrogens with two attached hydrogens (primary N) is 2. The van der Waals surface area contributed by atoms with Crippen molar-refractivity contribution in [1.82, 2.24) is 0 Å². The summed E-state index contributed by atoms with van der Waals surface area (Å²) >= 11 is 0. The topological polar surface area (TPSA) is 72.3 Å². The van der Waals surface area contributed by atoms with E-state index < -0.39 is 0 Å². The normalized spacial score (nSPS) is 19.0. The average Bonchev–Trinajstić information content (AvgIpc) is 2.53. The van der Waals surface area contributed by atoms with Crippen LogP contribution in [0.2, 0.25) is 0 Å². The fourth-order valence-electron chi connectivity index (χ4n) is 1.38. The Morgan fingerprint density at radius 3 is 2.77 bits per heavy atom. The lowest BCUT2D eigenvalue weighted by Gasteiger charge is -2.04. The van der Waals surface area contributed by atoms with E-state index in [2.05, 4.69) is 0 Å². The first-order chi connectivity index (χ1) is 6.25. The van der Waals surface area contributed by atoms with E-state index in [1.165, 1.54) is 0 Å². The predicted molar refractivity (Wildman–Crippen MR) is 54.0 cm³/mol. The van der Waals surface area contributed by atoms with Crippen LogP contribution in [0.1, 0.15) is 19.3 Å². The van der Waals surface area contributed by atoms with Crippen molar-refractivity contribution >= 4 is 0 Å². The summed E-state index contributed by atoms with van der Waals surface area (Å²) in [7, 11) is 0. The number of hydrogen-bond acceptors (Lipinski definition) is 3. The minimum Gasteiger partial charge on any atom is -0.495 e. The lowest BCUT2D eigenvalue weighted by Crippen LogP contribution is -2.02. The van der Waals surface area contributed by atoms with Gasteiger partial charge in [-0.15, -0.1) is 0 Å². The Bertz CT molecular complexity index is 260. The van der Waals surface area contributed by atoms with Gasteiger partial charge in [0.15, 0.2) is 5.88 Å². The van der Waals surface area contributed by atoms with Crippen molar-refractivity contribution in [3.63, 3.8) is 0 Å². The number of aliphatic hydroxyl groups is 1. The van der Waals surface area contributed by atoms with Crippen molar-refractivity contribution in [2.45, 2.75) is 19.3 Å². The van der Waals surface area contributed by atoms with Crippen LogP contribution in [0.5, 0.6) is 0 Å². The van der Waals surface area contributed by atoms with Crippen LogP contribution in [-0.2, 0) is 0 Å². The molecular weight excluding hydrogens is 164 g/mol. The summed E-state index contributed by atoms with van der Waals surface area (Å²) < 4.78 is 0. The summed E-state index contributed by atoms with van der Waals surface area (Å²) in [4.78, 5) is 0. The second-order valence-corrected chi connectivity index (χ2v) is 3.10. The average molecular weight is 180 g/mol. The molecule has 0 saturated carbocycles. The van der Waals surface area contributed by atoms with E-state index >= 15 is 0 Å². The summed E-state index contributed by atoms with van der Waals surface area (Å²) in [6.45, 7) is 0.717. The second kappa shape index (κ2) is 4.72. The molecule has 5 N–H and O–H groups in total. The highest BCUT2D eigenvalue weighted by Gasteiger charge is 2.09. The van der Waals surface area contributed by atoms with Crippen molar-refractivity contribution in [3.8, 4) is 0 Å². The zero-order valence-electron chi connectivity index (χ0n) is 7.66. The van der Waals surface area contributed by atoms with Crippen molar-refractivity contribution in [3.05, 3.63) is 35.3 Å². The molecule has 3 heteroatoms. The highest BCUT2D eigenvalue weighted by Crippen LogP contribution is 2.24.